The summed E-state index contributed by atoms with van der Waals surface area (Å²) < 4.78 is 0. The van der Waals surface area contributed by atoms with Crippen LogP contribution in [0.25, 0.3) is 11.4 Å². The maximum absolute atomic E-state index is 6.16. The summed E-state index contributed by atoms with van der Waals surface area (Å²) >= 11 is 25.5. The Morgan fingerprint density at radius 2 is 1.61 bits per heavy atom. The zero-order valence-electron chi connectivity index (χ0n) is 11.5. The van der Waals surface area contributed by atoms with E-state index in [0.29, 0.717) is 36.8 Å². The van der Waals surface area contributed by atoms with Gasteiger partial charge in [-0.25, -0.2) is 0 Å². The molecule has 118 valence electrons. The highest BCUT2D eigenvalue weighted by Crippen LogP contribution is 2.29. The minimum absolute atomic E-state index is 0.547. The van der Waals surface area contributed by atoms with Crippen molar-refractivity contribution in [3.05, 3.63) is 62.1 Å². The molecule has 0 saturated heterocycles. The van der Waals surface area contributed by atoms with Crippen molar-refractivity contribution in [3.8, 4) is 11.4 Å². The molecule has 0 bridgehead atoms. The highest BCUT2D eigenvalue weighted by atomic mass is 35.5. The molecule has 1 heterocycles. The average Bonchev–Trinajstić information content (AvgIpc) is 2.94. The van der Waals surface area contributed by atoms with Gasteiger partial charge < -0.3 is 4.98 Å². The molecule has 3 nitrogen and oxygen atoms in total. The lowest BCUT2D eigenvalue weighted by molar-refractivity contribution is 0.973. The molecular formula is C15H9Cl4N3S. The van der Waals surface area contributed by atoms with Crippen LogP contribution in [0.2, 0.25) is 20.1 Å². The molecule has 0 amide bonds. The van der Waals surface area contributed by atoms with Gasteiger partial charge in [0.1, 0.15) is 0 Å². The first-order valence-electron chi connectivity index (χ1n) is 6.47. The summed E-state index contributed by atoms with van der Waals surface area (Å²) in [4.78, 5) is 3.14. The summed E-state index contributed by atoms with van der Waals surface area (Å²) in [5, 5.41) is 11.3. The van der Waals surface area contributed by atoms with Gasteiger partial charge in [0, 0.05) is 31.4 Å². The van der Waals surface area contributed by atoms with E-state index in [9.17, 15) is 0 Å². The first-order valence-corrected chi connectivity index (χ1v) is 8.97. The van der Waals surface area contributed by atoms with Gasteiger partial charge in [-0.3, -0.25) is 0 Å². The van der Waals surface area contributed by atoms with Crippen molar-refractivity contribution in [2.24, 2.45) is 0 Å². The van der Waals surface area contributed by atoms with Crippen molar-refractivity contribution in [1.82, 2.24) is 15.2 Å². The molecule has 3 rings (SSSR count). The van der Waals surface area contributed by atoms with Gasteiger partial charge in [-0.2, -0.15) is 0 Å². The summed E-state index contributed by atoms with van der Waals surface area (Å²) in [5.74, 6) is 1.26. The Morgan fingerprint density at radius 1 is 0.870 bits per heavy atom. The number of aromatic nitrogens is 3. The molecule has 0 spiro atoms. The van der Waals surface area contributed by atoms with Crippen LogP contribution in [0, 0.1) is 0 Å². The zero-order valence-corrected chi connectivity index (χ0v) is 15.3. The summed E-state index contributed by atoms with van der Waals surface area (Å²) in [6, 6.07) is 10.6. The fourth-order valence-electron chi connectivity index (χ4n) is 1.92. The van der Waals surface area contributed by atoms with Crippen molar-refractivity contribution in [3.63, 3.8) is 0 Å². The van der Waals surface area contributed by atoms with Crippen molar-refractivity contribution < 1.29 is 0 Å². The van der Waals surface area contributed by atoms with E-state index in [2.05, 4.69) is 15.2 Å². The molecule has 23 heavy (non-hydrogen) atoms. The van der Waals surface area contributed by atoms with Gasteiger partial charge in [0.15, 0.2) is 11.0 Å². The molecule has 0 fully saturated rings. The van der Waals surface area contributed by atoms with Crippen LogP contribution in [0.15, 0.2) is 41.6 Å². The molecule has 0 aliphatic rings. The topological polar surface area (TPSA) is 41.6 Å². The number of hydrogen-bond donors (Lipinski definition) is 1. The Bertz CT molecular complexity index is 830. The molecule has 0 unspecified atom stereocenters. The molecule has 2 aromatic carbocycles. The number of nitrogens with zero attached hydrogens (tertiary/aromatic N) is 2. The van der Waals surface area contributed by atoms with Gasteiger partial charge >= 0.3 is 0 Å². The maximum atomic E-state index is 6.16. The summed E-state index contributed by atoms with van der Waals surface area (Å²) in [6.07, 6.45) is 0. The van der Waals surface area contributed by atoms with Crippen molar-refractivity contribution in [2.45, 2.75) is 10.9 Å². The number of H-pyrrole nitrogens is 1. The minimum atomic E-state index is 0.547. The normalized spacial score (nSPS) is 11.0. The standard InChI is InChI=1S/C15H9Cl4N3S/c16-10-2-1-8(13(19)6-10)7-23-15-20-14(21-22-15)9-3-11(17)5-12(18)4-9/h1-6H,7H2,(H,20,21,22). The summed E-state index contributed by atoms with van der Waals surface area (Å²) in [5.41, 5.74) is 1.76. The Balaban J connectivity index is 1.74. The quantitative estimate of drug-likeness (QED) is 0.513. The van der Waals surface area contributed by atoms with Gasteiger partial charge in [0.25, 0.3) is 0 Å². The predicted molar refractivity (Wildman–Crippen MR) is 97.9 cm³/mol. The Labute approximate surface area is 157 Å². The molecule has 0 radical (unpaired) electrons. The lowest BCUT2D eigenvalue weighted by Gasteiger charge is -2.02. The second-order valence-electron chi connectivity index (χ2n) is 4.66. The van der Waals surface area contributed by atoms with Gasteiger partial charge in [0.05, 0.1) is 0 Å². The second kappa shape index (κ2) is 7.32. The Morgan fingerprint density at radius 3 is 2.30 bits per heavy atom. The molecular weight excluding hydrogens is 396 g/mol. The minimum Gasteiger partial charge on any atom is -0.316 e. The molecule has 1 N–H and O–H groups in total. The summed E-state index contributed by atoms with van der Waals surface area (Å²) in [7, 11) is 0. The van der Waals surface area contributed by atoms with Crippen molar-refractivity contribution in [2.75, 3.05) is 0 Å². The molecule has 8 heteroatoms. The van der Waals surface area contributed by atoms with Crippen LogP contribution >= 0.6 is 58.2 Å². The number of halogens is 4. The van der Waals surface area contributed by atoms with E-state index >= 15 is 0 Å². The van der Waals surface area contributed by atoms with E-state index in [4.69, 9.17) is 46.4 Å². The molecule has 1 aromatic heterocycles. The smallest absolute Gasteiger partial charge is 0.189 e. The number of thioether (sulfide) groups is 1. The van der Waals surface area contributed by atoms with Crippen molar-refractivity contribution in [1.29, 1.82) is 0 Å². The molecule has 0 atom stereocenters. The first kappa shape index (κ1) is 16.9. The third-order valence-corrected chi connectivity index (χ3v) is 4.92. The highest BCUT2D eigenvalue weighted by molar-refractivity contribution is 7.98. The van der Waals surface area contributed by atoms with Gasteiger partial charge in [0.2, 0.25) is 0 Å². The Kier molecular flexibility index (Phi) is 5.39. The highest BCUT2D eigenvalue weighted by Gasteiger charge is 2.09. The average molecular weight is 405 g/mol. The van der Waals surface area contributed by atoms with Gasteiger partial charge in [-0.1, -0.05) is 64.2 Å². The van der Waals surface area contributed by atoms with Gasteiger partial charge in [-0.15, -0.1) is 10.2 Å². The fourth-order valence-corrected chi connectivity index (χ4v) is 3.81. The molecule has 0 aliphatic carbocycles. The largest absolute Gasteiger partial charge is 0.316 e. The number of rotatable bonds is 4. The van der Waals surface area contributed by atoms with Crippen molar-refractivity contribution >= 4 is 58.2 Å². The van der Waals surface area contributed by atoms with E-state index in [1.165, 1.54) is 11.8 Å². The first-order chi connectivity index (χ1) is 11.0. The SMILES string of the molecule is Clc1cc(Cl)cc(-c2nnc(SCc3ccc(Cl)cc3Cl)[nH]2)c1. The monoisotopic (exact) mass is 403 g/mol. The third kappa shape index (κ3) is 4.34. The lowest BCUT2D eigenvalue weighted by atomic mass is 10.2. The number of benzene rings is 2. The van der Waals surface area contributed by atoms with E-state index in [0.717, 1.165) is 11.1 Å². The maximum Gasteiger partial charge on any atom is 0.189 e. The number of nitrogens with one attached hydrogen (secondary N) is 1. The summed E-state index contributed by atoms with van der Waals surface area (Å²) in [6.45, 7) is 0. The van der Waals surface area contributed by atoms with Crippen LogP contribution in [0.4, 0.5) is 0 Å². The fraction of sp³-hybridized carbons (Fsp3) is 0.0667. The van der Waals surface area contributed by atoms with E-state index < -0.39 is 0 Å². The number of aromatic amines is 1. The van der Waals surface area contributed by atoms with E-state index in [-0.39, 0.29) is 0 Å². The van der Waals surface area contributed by atoms with Crippen LogP contribution in [0.3, 0.4) is 0 Å². The lowest BCUT2D eigenvalue weighted by Crippen LogP contribution is -1.84. The molecule has 0 saturated carbocycles. The Hall–Kier alpha value is -0.910. The zero-order chi connectivity index (χ0) is 16.4. The number of hydrogen-bond acceptors (Lipinski definition) is 3. The van der Waals surface area contributed by atoms with Crippen LogP contribution < -0.4 is 0 Å². The van der Waals surface area contributed by atoms with Crippen LogP contribution in [0.1, 0.15) is 5.56 Å². The molecule has 3 aromatic rings. The van der Waals surface area contributed by atoms with Gasteiger partial charge in [-0.05, 0) is 35.9 Å². The van der Waals surface area contributed by atoms with E-state index in [1.54, 1.807) is 24.3 Å². The van der Waals surface area contributed by atoms with Crippen LogP contribution in [-0.4, -0.2) is 15.2 Å². The van der Waals surface area contributed by atoms with E-state index in [1.807, 2.05) is 12.1 Å². The second-order valence-corrected chi connectivity index (χ2v) is 7.34. The molecule has 0 aliphatic heterocycles. The van der Waals surface area contributed by atoms with Crippen LogP contribution in [-0.2, 0) is 5.75 Å². The predicted octanol–water partition coefficient (Wildman–Crippen LogP) is 6.38. The van der Waals surface area contributed by atoms with Crippen LogP contribution in [0.5, 0.6) is 0 Å². The third-order valence-electron chi connectivity index (χ3n) is 2.98.